The van der Waals surface area contributed by atoms with Crippen LogP contribution >= 0.6 is 0 Å². The molecule has 0 aromatic carbocycles. The molecule has 0 amide bonds. The highest BCUT2D eigenvalue weighted by Gasteiger charge is 2.18. The van der Waals surface area contributed by atoms with Crippen LogP contribution in [0.4, 0.5) is 0 Å². The Morgan fingerprint density at radius 3 is 2.93 bits per heavy atom. The maximum absolute atomic E-state index is 5.61. The second-order valence-corrected chi connectivity index (χ2v) is 3.54. The van der Waals surface area contributed by atoms with Crippen LogP contribution in [0.25, 0.3) is 0 Å². The predicted molar refractivity (Wildman–Crippen MR) is 56.9 cm³/mol. The van der Waals surface area contributed by atoms with E-state index in [1.54, 1.807) is 6.20 Å². The topological polar surface area (TPSA) is 51.3 Å². The molecule has 2 heterocycles. The summed E-state index contributed by atoms with van der Waals surface area (Å²) in [5, 5.41) is 0. The molecule has 1 aliphatic rings. The van der Waals surface area contributed by atoms with E-state index < -0.39 is 0 Å². The molecule has 0 bridgehead atoms. The molecule has 2 N–H and O–H groups in total. The largest absolute Gasteiger partial charge is 0.384 e. The number of pyridine rings is 1. The SMILES string of the molecule is CC1C=C(N)N=CC1c1cccnc1. The van der Waals surface area contributed by atoms with Gasteiger partial charge in [-0.25, -0.2) is 4.99 Å². The third kappa shape index (κ3) is 1.66. The van der Waals surface area contributed by atoms with Crippen molar-refractivity contribution in [3.05, 3.63) is 42.0 Å². The highest BCUT2D eigenvalue weighted by atomic mass is 14.9. The molecule has 14 heavy (non-hydrogen) atoms. The van der Waals surface area contributed by atoms with Crippen molar-refractivity contribution in [1.82, 2.24) is 4.98 Å². The van der Waals surface area contributed by atoms with Crippen molar-refractivity contribution in [2.24, 2.45) is 16.6 Å². The Kier molecular flexibility index (Phi) is 2.31. The molecular formula is C11H13N3. The smallest absolute Gasteiger partial charge is 0.119 e. The fourth-order valence-corrected chi connectivity index (χ4v) is 1.68. The minimum absolute atomic E-state index is 0.302. The third-order valence-electron chi connectivity index (χ3n) is 2.45. The van der Waals surface area contributed by atoms with Crippen LogP contribution in [-0.2, 0) is 0 Å². The summed E-state index contributed by atoms with van der Waals surface area (Å²) in [5.41, 5.74) is 6.80. The second-order valence-electron chi connectivity index (χ2n) is 3.54. The molecule has 0 saturated heterocycles. The lowest BCUT2D eigenvalue weighted by Gasteiger charge is -2.20. The fraction of sp³-hybridized carbons (Fsp3) is 0.273. The van der Waals surface area contributed by atoms with E-state index >= 15 is 0 Å². The van der Waals surface area contributed by atoms with Crippen molar-refractivity contribution >= 4 is 6.21 Å². The molecule has 72 valence electrons. The van der Waals surface area contributed by atoms with Gasteiger partial charge >= 0.3 is 0 Å². The van der Waals surface area contributed by atoms with Crippen molar-refractivity contribution in [1.29, 1.82) is 0 Å². The minimum atomic E-state index is 0.302. The summed E-state index contributed by atoms with van der Waals surface area (Å²) >= 11 is 0. The molecule has 3 heteroatoms. The van der Waals surface area contributed by atoms with Crippen LogP contribution in [0, 0.1) is 5.92 Å². The van der Waals surface area contributed by atoms with Gasteiger partial charge in [-0.3, -0.25) is 4.98 Å². The standard InChI is InChI=1S/C11H13N3/c1-8-5-11(12)14-7-10(8)9-3-2-4-13-6-9/h2-8,10H,12H2,1H3. The summed E-state index contributed by atoms with van der Waals surface area (Å²) < 4.78 is 0. The highest BCUT2D eigenvalue weighted by Crippen LogP contribution is 2.26. The molecule has 0 saturated carbocycles. The molecule has 1 aromatic rings. The van der Waals surface area contributed by atoms with Gasteiger partial charge < -0.3 is 5.73 Å². The van der Waals surface area contributed by atoms with Crippen LogP contribution in [0.2, 0.25) is 0 Å². The number of aliphatic imine (C=N–C) groups is 1. The number of nitrogens with two attached hydrogens (primary N) is 1. The van der Waals surface area contributed by atoms with Gasteiger partial charge in [0.1, 0.15) is 5.82 Å². The van der Waals surface area contributed by atoms with Crippen LogP contribution in [0.5, 0.6) is 0 Å². The zero-order valence-electron chi connectivity index (χ0n) is 8.09. The number of nitrogens with zero attached hydrogens (tertiary/aromatic N) is 2. The van der Waals surface area contributed by atoms with Crippen molar-refractivity contribution in [3.8, 4) is 0 Å². The number of allylic oxidation sites excluding steroid dienone is 1. The van der Waals surface area contributed by atoms with E-state index in [-0.39, 0.29) is 0 Å². The average Bonchev–Trinajstić information content (AvgIpc) is 2.19. The molecule has 1 aromatic heterocycles. The van der Waals surface area contributed by atoms with Gasteiger partial charge in [-0.1, -0.05) is 13.0 Å². The Bertz CT molecular complexity index is 367. The summed E-state index contributed by atoms with van der Waals surface area (Å²) in [7, 11) is 0. The average molecular weight is 187 g/mol. The van der Waals surface area contributed by atoms with E-state index in [9.17, 15) is 0 Å². The number of rotatable bonds is 1. The van der Waals surface area contributed by atoms with Gasteiger partial charge in [-0.15, -0.1) is 0 Å². The molecule has 3 nitrogen and oxygen atoms in total. The molecule has 0 spiro atoms. The van der Waals surface area contributed by atoms with E-state index in [1.165, 1.54) is 5.56 Å². The van der Waals surface area contributed by atoms with Crippen LogP contribution in [0.1, 0.15) is 18.4 Å². The first-order chi connectivity index (χ1) is 6.77. The van der Waals surface area contributed by atoms with E-state index in [2.05, 4.69) is 23.0 Å². The van der Waals surface area contributed by atoms with Crippen LogP contribution < -0.4 is 5.73 Å². The zero-order valence-corrected chi connectivity index (χ0v) is 8.09. The molecule has 0 fully saturated rings. The normalized spacial score (nSPS) is 25.9. The summed E-state index contributed by atoms with van der Waals surface area (Å²) in [6.45, 7) is 2.13. The zero-order chi connectivity index (χ0) is 9.97. The fourth-order valence-electron chi connectivity index (χ4n) is 1.68. The van der Waals surface area contributed by atoms with E-state index in [0.717, 1.165) is 0 Å². The lowest BCUT2D eigenvalue weighted by atomic mass is 9.88. The summed E-state index contributed by atoms with van der Waals surface area (Å²) in [5.74, 6) is 1.30. The monoisotopic (exact) mass is 187 g/mol. The summed E-state index contributed by atoms with van der Waals surface area (Å²) in [6, 6.07) is 4.01. The van der Waals surface area contributed by atoms with Crippen molar-refractivity contribution in [3.63, 3.8) is 0 Å². The molecular weight excluding hydrogens is 174 g/mol. The van der Waals surface area contributed by atoms with Gasteiger partial charge in [0.2, 0.25) is 0 Å². The predicted octanol–water partition coefficient (Wildman–Crippen LogP) is 1.69. The quantitative estimate of drug-likeness (QED) is 0.727. The van der Waals surface area contributed by atoms with Gasteiger partial charge in [-0.05, 0) is 23.6 Å². The van der Waals surface area contributed by atoms with E-state index in [0.29, 0.717) is 17.7 Å². The Balaban J connectivity index is 2.26. The van der Waals surface area contributed by atoms with Gasteiger partial charge in [0.15, 0.2) is 0 Å². The molecule has 2 atom stereocenters. The number of aromatic nitrogens is 1. The van der Waals surface area contributed by atoms with Crippen LogP contribution in [0.15, 0.2) is 41.4 Å². The molecule has 0 radical (unpaired) electrons. The Morgan fingerprint density at radius 1 is 1.43 bits per heavy atom. The lowest BCUT2D eigenvalue weighted by molar-refractivity contribution is 0.659. The Hall–Kier alpha value is -1.64. The first kappa shape index (κ1) is 8.94. The highest BCUT2D eigenvalue weighted by molar-refractivity contribution is 5.71. The summed E-state index contributed by atoms with van der Waals surface area (Å²) in [4.78, 5) is 8.22. The molecule has 0 aliphatic carbocycles. The van der Waals surface area contributed by atoms with Crippen LogP contribution in [0.3, 0.4) is 0 Å². The maximum atomic E-state index is 5.61. The van der Waals surface area contributed by atoms with Gasteiger partial charge in [0.25, 0.3) is 0 Å². The maximum Gasteiger partial charge on any atom is 0.119 e. The van der Waals surface area contributed by atoms with Crippen LogP contribution in [-0.4, -0.2) is 11.2 Å². The van der Waals surface area contributed by atoms with Gasteiger partial charge in [0, 0.05) is 24.5 Å². The molecule has 2 unspecified atom stereocenters. The molecule has 1 aliphatic heterocycles. The number of hydrogen-bond donors (Lipinski definition) is 1. The van der Waals surface area contributed by atoms with Crippen molar-refractivity contribution in [2.45, 2.75) is 12.8 Å². The minimum Gasteiger partial charge on any atom is -0.384 e. The van der Waals surface area contributed by atoms with E-state index in [4.69, 9.17) is 5.73 Å². The van der Waals surface area contributed by atoms with Gasteiger partial charge in [0.05, 0.1) is 0 Å². The van der Waals surface area contributed by atoms with Gasteiger partial charge in [-0.2, -0.15) is 0 Å². The Morgan fingerprint density at radius 2 is 2.29 bits per heavy atom. The van der Waals surface area contributed by atoms with E-state index in [1.807, 2.05) is 24.6 Å². The molecule has 2 rings (SSSR count). The second kappa shape index (κ2) is 3.62. The first-order valence-electron chi connectivity index (χ1n) is 4.69. The number of hydrogen-bond acceptors (Lipinski definition) is 3. The van der Waals surface area contributed by atoms with Crippen molar-refractivity contribution < 1.29 is 0 Å². The lowest BCUT2D eigenvalue weighted by Crippen LogP contribution is -2.16. The third-order valence-corrected chi connectivity index (χ3v) is 2.45. The summed E-state index contributed by atoms with van der Waals surface area (Å²) in [6.07, 6.45) is 7.54. The Labute approximate surface area is 83.4 Å². The first-order valence-corrected chi connectivity index (χ1v) is 4.69. The van der Waals surface area contributed by atoms with Crippen molar-refractivity contribution in [2.75, 3.05) is 0 Å².